The van der Waals surface area contributed by atoms with Crippen LogP contribution < -0.4 is 20.1 Å². The summed E-state index contributed by atoms with van der Waals surface area (Å²) in [6.07, 6.45) is 0. The Bertz CT molecular complexity index is 674. The molecule has 2 rings (SSSR count). The Labute approximate surface area is 150 Å². The van der Waals surface area contributed by atoms with Crippen LogP contribution in [0.1, 0.15) is 12.5 Å². The van der Waals surface area contributed by atoms with Gasteiger partial charge < -0.3 is 20.1 Å². The minimum atomic E-state index is -0.254. The number of benzene rings is 2. The van der Waals surface area contributed by atoms with E-state index in [2.05, 4.69) is 26.6 Å². The van der Waals surface area contributed by atoms with E-state index in [0.29, 0.717) is 19.8 Å². The van der Waals surface area contributed by atoms with Crippen LogP contribution in [0.15, 0.2) is 46.9 Å². The van der Waals surface area contributed by atoms with E-state index >= 15 is 0 Å². The van der Waals surface area contributed by atoms with Crippen LogP contribution in [-0.2, 0) is 0 Å². The lowest BCUT2D eigenvalue weighted by Gasteiger charge is -2.11. The van der Waals surface area contributed by atoms with Crippen LogP contribution in [0.2, 0.25) is 0 Å². The summed E-state index contributed by atoms with van der Waals surface area (Å²) in [5, 5.41) is 5.58. The van der Waals surface area contributed by atoms with Gasteiger partial charge in [0.2, 0.25) is 0 Å². The van der Waals surface area contributed by atoms with E-state index in [9.17, 15) is 4.79 Å². The van der Waals surface area contributed by atoms with Crippen LogP contribution in [0.25, 0.3) is 0 Å². The van der Waals surface area contributed by atoms with Gasteiger partial charge in [0.15, 0.2) is 0 Å². The number of ether oxygens (including phenoxy) is 2. The number of halogens is 1. The summed E-state index contributed by atoms with van der Waals surface area (Å²) in [6.45, 7) is 5.32. The summed E-state index contributed by atoms with van der Waals surface area (Å²) in [5.41, 5.74) is 1.77. The molecule has 0 spiro atoms. The topological polar surface area (TPSA) is 59.6 Å². The van der Waals surface area contributed by atoms with Crippen molar-refractivity contribution in [1.82, 2.24) is 5.32 Å². The predicted molar refractivity (Wildman–Crippen MR) is 99.0 cm³/mol. The first-order valence-corrected chi connectivity index (χ1v) is 8.54. The van der Waals surface area contributed by atoms with Crippen LogP contribution >= 0.6 is 15.9 Å². The van der Waals surface area contributed by atoms with Gasteiger partial charge in [0.1, 0.15) is 18.1 Å². The predicted octanol–water partition coefficient (Wildman–Crippen LogP) is 4.36. The van der Waals surface area contributed by atoms with Gasteiger partial charge in [-0.3, -0.25) is 0 Å². The number of anilines is 1. The maximum Gasteiger partial charge on any atom is 0.319 e. The molecule has 2 amide bonds. The SMILES string of the molecule is CCOc1ccc(OCCNC(=O)Nc2ccc(Br)cc2C)cc1. The fourth-order valence-corrected chi connectivity index (χ4v) is 2.54. The molecule has 128 valence electrons. The van der Waals surface area contributed by atoms with Gasteiger partial charge in [-0.25, -0.2) is 4.79 Å². The number of aryl methyl sites for hydroxylation is 1. The van der Waals surface area contributed by atoms with Crippen LogP contribution in [0.3, 0.4) is 0 Å². The van der Waals surface area contributed by atoms with Gasteiger partial charge in [0.25, 0.3) is 0 Å². The average molecular weight is 393 g/mol. The second-order valence-electron chi connectivity index (χ2n) is 5.09. The summed E-state index contributed by atoms with van der Waals surface area (Å²) in [4.78, 5) is 11.9. The molecule has 2 aromatic rings. The normalized spacial score (nSPS) is 10.1. The van der Waals surface area contributed by atoms with Crippen molar-refractivity contribution >= 4 is 27.6 Å². The number of carbonyl (C=O) groups is 1. The van der Waals surface area contributed by atoms with E-state index in [0.717, 1.165) is 27.2 Å². The zero-order valence-corrected chi connectivity index (χ0v) is 15.4. The van der Waals surface area contributed by atoms with Gasteiger partial charge >= 0.3 is 6.03 Å². The lowest BCUT2D eigenvalue weighted by atomic mass is 10.2. The minimum Gasteiger partial charge on any atom is -0.494 e. The summed E-state index contributed by atoms with van der Waals surface area (Å²) in [5.74, 6) is 1.55. The van der Waals surface area contributed by atoms with Crippen molar-refractivity contribution in [1.29, 1.82) is 0 Å². The van der Waals surface area contributed by atoms with Gasteiger partial charge in [0.05, 0.1) is 13.2 Å². The van der Waals surface area contributed by atoms with Gasteiger partial charge in [-0.1, -0.05) is 15.9 Å². The molecule has 0 heterocycles. The first kappa shape index (κ1) is 18.1. The molecule has 0 bridgehead atoms. The Balaban J connectivity index is 1.70. The molecular weight excluding hydrogens is 372 g/mol. The molecule has 0 radical (unpaired) electrons. The Morgan fingerprint density at radius 1 is 1.08 bits per heavy atom. The first-order valence-electron chi connectivity index (χ1n) is 7.75. The van der Waals surface area contributed by atoms with E-state index in [1.54, 1.807) is 0 Å². The van der Waals surface area contributed by atoms with Crippen LogP contribution in [0.5, 0.6) is 11.5 Å². The summed E-state index contributed by atoms with van der Waals surface area (Å²) in [6, 6.07) is 12.8. The maximum absolute atomic E-state index is 11.9. The molecule has 0 aromatic heterocycles. The van der Waals surface area contributed by atoms with E-state index in [1.165, 1.54) is 0 Å². The van der Waals surface area contributed by atoms with Gasteiger partial charge in [0, 0.05) is 10.2 Å². The average Bonchev–Trinajstić information content (AvgIpc) is 2.56. The number of amides is 2. The minimum absolute atomic E-state index is 0.254. The Kier molecular flexibility index (Phi) is 6.93. The molecule has 6 heteroatoms. The Morgan fingerprint density at radius 3 is 2.38 bits per heavy atom. The monoisotopic (exact) mass is 392 g/mol. The van der Waals surface area contributed by atoms with Gasteiger partial charge in [-0.05, 0) is 61.9 Å². The van der Waals surface area contributed by atoms with E-state index < -0.39 is 0 Å². The van der Waals surface area contributed by atoms with Crippen molar-refractivity contribution in [3.63, 3.8) is 0 Å². The van der Waals surface area contributed by atoms with Crippen molar-refractivity contribution in [2.24, 2.45) is 0 Å². The maximum atomic E-state index is 11.9. The highest BCUT2D eigenvalue weighted by molar-refractivity contribution is 9.10. The van der Waals surface area contributed by atoms with Crippen molar-refractivity contribution in [2.75, 3.05) is 25.1 Å². The quantitative estimate of drug-likeness (QED) is 0.688. The van der Waals surface area contributed by atoms with Crippen molar-refractivity contribution in [3.8, 4) is 11.5 Å². The Hall–Kier alpha value is -2.21. The van der Waals surface area contributed by atoms with Gasteiger partial charge in [-0.2, -0.15) is 0 Å². The van der Waals surface area contributed by atoms with Crippen LogP contribution in [-0.4, -0.2) is 25.8 Å². The third kappa shape index (κ3) is 5.77. The largest absolute Gasteiger partial charge is 0.494 e. The molecule has 0 unspecified atom stereocenters. The third-order valence-electron chi connectivity index (χ3n) is 3.23. The molecular formula is C18H21BrN2O3. The van der Waals surface area contributed by atoms with E-state index in [4.69, 9.17) is 9.47 Å². The number of carbonyl (C=O) groups excluding carboxylic acids is 1. The zero-order chi connectivity index (χ0) is 17.4. The second-order valence-corrected chi connectivity index (χ2v) is 6.01. The van der Waals surface area contributed by atoms with Crippen molar-refractivity contribution in [2.45, 2.75) is 13.8 Å². The molecule has 0 saturated carbocycles. The standard InChI is InChI=1S/C18H21BrN2O3/c1-3-23-15-5-7-16(8-6-15)24-11-10-20-18(22)21-17-9-4-14(19)12-13(17)2/h4-9,12H,3,10-11H2,1-2H3,(H2,20,21,22). The van der Waals surface area contributed by atoms with Gasteiger partial charge in [-0.15, -0.1) is 0 Å². The lowest BCUT2D eigenvalue weighted by molar-refractivity contribution is 0.247. The number of hydrogen-bond donors (Lipinski definition) is 2. The lowest BCUT2D eigenvalue weighted by Crippen LogP contribution is -2.32. The zero-order valence-electron chi connectivity index (χ0n) is 13.8. The molecule has 0 aliphatic heterocycles. The Morgan fingerprint density at radius 2 is 1.75 bits per heavy atom. The molecule has 0 aliphatic rings. The second kappa shape index (κ2) is 9.17. The highest BCUT2D eigenvalue weighted by Crippen LogP contribution is 2.20. The van der Waals surface area contributed by atoms with Crippen molar-refractivity contribution in [3.05, 3.63) is 52.5 Å². The van der Waals surface area contributed by atoms with E-state index in [-0.39, 0.29) is 6.03 Å². The third-order valence-corrected chi connectivity index (χ3v) is 3.72. The molecule has 0 fully saturated rings. The molecule has 0 saturated heterocycles. The highest BCUT2D eigenvalue weighted by Gasteiger charge is 2.04. The molecule has 0 atom stereocenters. The molecule has 24 heavy (non-hydrogen) atoms. The van der Waals surface area contributed by atoms with E-state index in [1.807, 2.05) is 56.3 Å². The molecule has 5 nitrogen and oxygen atoms in total. The number of rotatable bonds is 7. The molecule has 0 aliphatic carbocycles. The van der Waals surface area contributed by atoms with Crippen LogP contribution in [0.4, 0.5) is 10.5 Å². The van der Waals surface area contributed by atoms with Crippen LogP contribution in [0, 0.1) is 6.92 Å². The fourth-order valence-electron chi connectivity index (χ4n) is 2.07. The summed E-state index contributed by atoms with van der Waals surface area (Å²) < 4.78 is 11.9. The highest BCUT2D eigenvalue weighted by atomic mass is 79.9. The van der Waals surface area contributed by atoms with Crippen molar-refractivity contribution < 1.29 is 14.3 Å². The summed E-state index contributed by atoms with van der Waals surface area (Å²) in [7, 11) is 0. The smallest absolute Gasteiger partial charge is 0.319 e. The summed E-state index contributed by atoms with van der Waals surface area (Å²) >= 11 is 3.40. The number of nitrogens with one attached hydrogen (secondary N) is 2. The number of hydrogen-bond acceptors (Lipinski definition) is 3. The molecule has 2 N–H and O–H groups in total. The molecule has 2 aromatic carbocycles. The fraction of sp³-hybridized carbons (Fsp3) is 0.278. The first-order chi connectivity index (χ1) is 11.6. The number of urea groups is 1.